The van der Waals surface area contributed by atoms with Crippen LogP contribution in [0, 0.1) is 12.7 Å². The van der Waals surface area contributed by atoms with Crippen LogP contribution in [0.1, 0.15) is 11.1 Å². The van der Waals surface area contributed by atoms with Gasteiger partial charge in [0, 0.05) is 14.9 Å². The molecule has 26 heavy (non-hydrogen) atoms. The Morgan fingerprint density at radius 1 is 0.923 bits per heavy atom. The zero-order chi connectivity index (χ0) is 18.4. The number of aryl methyl sites for hydroxylation is 1. The second-order valence-electron chi connectivity index (χ2n) is 5.71. The van der Waals surface area contributed by atoms with Gasteiger partial charge in [-0.2, -0.15) is 0 Å². The van der Waals surface area contributed by atoms with Gasteiger partial charge in [-0.3, -0.25) is 0 Å². The number of hydrogen-bond donors (Lipinski definition) is 0. The third-order valence-electron chi connectivity index (χ3n) is 3.67. The van der Waals surface area contributed by atoms with Gasteiger partial charge >= 0.3 is 0 Å². The fourth-order valence-corrected chi connectivity index (χ4v) is 3.18. The largest absolute Gasteiger partial charge is 0.248 e. The molecule has 0 aliphatic heterocycles. The van der Waals surface area contributed by atoms with Gasteiger partial charge < -0.3 is 0 Å². The lowest BCUT2D eigenvalue weighted by Gasteiger charge is -2.04. The first-order valence-corrected chi connectivity index (χ1v) is 9.77. The Morgan fingerprint density at radius 3 is 2.23 bits per heavy atom. The molecule has 0 aliphatic rings. The molecule has 0 aliphatic carbocycles. The predicted octanol–water partition coefficient (Wildman–Crippen LogP) is 7.32. The Morgan fingerprint density at radius 2 is 1.58 bits per heavy atom. The monoisotopic (exact) mass is 425 g/mol. The molecule has 3 aromatic rings. The Kier molecular flexibility index (Phi) is 6.42. The van der Waals surface area contributed by atoms with Gasteiger partial charge in [-0.15, -0.1) is 0 Å². The van der Waals surface area contributed by atoms with Gasteiger partial charge in [0.05, 0.1) is 11.4 Å². The lowest BCUT2D eigenvalue weighted by Crippen LogP contribution is -1.95. The molecule has 0 spiro atoms. The van der Waals surface area contributed by atoms with Crippen LogP contribution in [0.4, 0.5) is 10.1 Å². The Labute approximate surface area is 165 Å². The van der Waals surface area contributed by atoms with Crippen LogP contribution in [-0.4, -0.2) is 5.71 Å². The zero-order valence-corrected chi connectivity index (χ0v) is 16.6. The normalized spacial score (nSPS) is 11.9. The lowest BCUT2D eigenvalue weighted by molar-refractivity contribution is 0.626. The second kappa shape index (κ2) is 8.97. The van der Waals surface area contributed by atoms with E-state index in [2.05, 4.69) is 35.0 Å². The third-order valence-corrected chi connectivity index (χ3v) is 5.01. The standard InChI is InChI=1S/C22H17BrFNS/c1-16-2-10-20(11-3-16)25-22(17-4-6-18(23)7-5-17)14-15-26-21-12-8-19(24)9-13-21/h2-15H,1H3/b15-14+,25-22?. The molecule has 0 fully saturated rings. The van der Waals surface area contributed by atoms with Gasteiger partial charge in [0.15, 0.2) is 0 Å². The molecule has 4 heteroatoms. The third kappa shape index (κ3) is 5.41. The van der Waals surface area contributed by atoms with E-state index in [4.69, 9.17) is 4.99 Å². The highest BCUT2D eigenvalue weighted by Gasteiger charge is 2.02. The topological polar surface area (TPSA) is 12.4 Å². The van der Waals surface area contributed by atoms with Crippen molar-refractivity contribution in [1.29, 1.82) is 0 Å². The molecule has 0 N–H and O–H groups in total. The van der Waals surface area contributed by atoms with Crippen molar-refractivity contribution in [2.45, 2.75) is 11.8 Å². The average Bonchev–Trinajstić information content (AvgIpc) is 2.65. The van der Waals surface area contributed by atoms with E-state index >= 15 is 0 Å². The van der Waals surface area contributed by atoms with Crippen molar-refractivity contribution < 1.29 is 4.39 Å². The van der Waals surface area contributed by atoms with E-state index in [1.165, 1.54) is 29.5 Å². The molecule has 0 aromatic heterocycles. The molecule has 0 radical (unpaired) electrons. The summed E-state index contributed by atoms with van der Waals surface area (Å²) in [5, 5.41) is 1.97. The second-order valence-corrected chi connectivity index (χ2v) is 7.61. The SMILES string of the molecule is Cc1ccc(N=C(/C=C/Sc2ccc(F)cc2)c2ccc(Br)cc2)cc1. The van der Waals surface area contributed by atoms with Gasteiger partial charge in [-0.05, 0) is 66.9 Å². The Hall–Kier alpha value is -2.17. The van der Waals surface area contributed by atoms with Crippen LogP contribution in [0.5, 0.6) is 0 Å². The number of aliphatic imine (C=N–C) groups is 1. The molecule has 130 valence electrons. The maximum Gasteiger partial charge on any atom is 0.123 e. The first-order valence-electron chi connectivity index (χ1n) is 8.10. The number of rotatable bonds is 5. The predicted molar refractivity (Wildman–Crippen MR) is 113 cm³/mol. The van der Waals surface area contributed by atoms with Crippen molar-refractivity contribution in [1.82, 2.24) is 0 Å². The van der Waals surface area contributed by atoms with Crippen LogP contribution in [0.25, 0.3) is 0 Å². The van der Waals surface area contributed by atoms with Crippen LogP contribution in [-0.2, 0) is 0 Å². The van der Waals surface area contributed by atoms with Crippen LogP contribution >= 0.6 is 27.7 Å². The maximum absolute atomic E-state index is 13.0. The van der Waals surface area contributed by atoms with Crippen molar-refractivity contribution in [3.63, 3.8) is 0 Å². The highest BCUT2D eigenvalue weighted by molar-refractivity contribution is 9.10. The van der Waals surface area contributed by atoms with Gasteiger partial charge in [0.25, 0.3) is 0 Å². The number of nitrogens with zero attached hydrogens (tertiary/aromatic N) is 1. The minimum Gasteiger partial charge on any atom is -0.248 e. The fraction of sp³-hybridized carbons (Fsp3) is 0.0455. The lowest BCUT2D eigenvalue weighted by atomic mass is 10.1. The molecule has 3 rings (SSSR count). The van der Waals surface area contributed by atoms with Gasteiger partial charge in [-0.25, -0.2) is 9.38 Å². The fourth-order valence-electron chi connectivity index (χ4n) is 2.27. The van der Waals surface area contributed by atoms with E-state index in [9.17, 15) is 4.39 Å². The smallest absolute Gasteiger partial charge is 0.123 e. The van der Waals surface area contributed by atoms with Gasteiger partial charge in [0.2, 0.25) is 0 Å². The Bertz CT molecular complexity index is 914. The summed E-state index contributed by atoms with van der Waals surface area (Å²) >= 11 is 5.00. The van der Waals surface area contributed by atoms with E-state index < -0.39 is 0 Å². The van der Waals surface area contributed by atoms with Crippen LogP contribution in [0.2, 0.25) is 0 Å². The summed E-state index contributed by atoms with van der Waals surface area (Å²) in [6, 6.07) is 22.6. The Balaban J connectivity index is 1.87. The minimum absolute atomic E-state index is 0.227. The van der Waals surface area contributed by atoms with Crippen molar-refractivity contribution >= 4 is 39.1 Å². The van der Waals surface area contributed by atoms with Crippen LogP contribution < -0.4 is 0 Å². The molecule has 3 aromatic carbocycles. The molecule has 0 unspecified atom stereocenters. The van der Waals surface area contributed by atoms with Crippen molar-refractivity contribution in [2.75, 3.05) is 0 Å². The van der Waals surface area contributed by atoms with E-state index in [-0.39, 0.29) is 5.82 Å². The summed E-state index contributed by atoms with van der Waals surface area (Å²) in [6.07, 6.45) is 1.98. The summed E-state index contributed by atoms with van der Waals surface area (Å²) in [7, 11) is 0. The van der Waals surface area contributed by atoms with Crippen LogP contribution in [0.3, 0.4) is 0 Å². The maximum atomic E-state index is 13.0. The number of allylic oxidation sites excluding steroid dienone is 1. The number of halogens is 2. The number of benzene rings is 3. The summed E-state index contributed by atoms with van der Waals surface area (Å²) < 4.78 is 14.0. The highest BCUT2D eigenvalue weighted by atomic mass is 79.9. The number of thioether (sulfide) groups is 1. The molecular weight excluding hydrogens is 409 g/mol. The molecular formula is C22H17BrFNS. The van der Waals surface area contributed by atoms with Crippen molar-refractivity contribution in [3.05, 3.63) is 106 Å². The molecule has 0 atom stereocenters. The molecule has 0 heterocycles. The van der Waals surface area contributed by atoms with Gasteiger partial charge in [-0.1, -0.05) is 57.5 Å². The highest BCUT2D eigenvalue weighted by Crippen LogP contribution is 2.21. The van der Waals surface area contributed by atoms with Gasteiger partial charge in [0.1, 0.15) is 5.82 Å². The first-order chi connectivity index (χ1) is 12.6. The summed E-state index contributed by atoms with van der Waals surface area (Å²) in [6.45, 7) is 2.06. The van der Waals surface area contributed by atoms with E-state index in [0.29, 0.717) is 0 Å². The summed E-state index contributed by atoms with van der Waals surface area (Å²) in [5.74, 6) is -0.227. The molecule has 0 amide bonds. The molecule has 0 saturated carbocycles. The summed E-state index contributed by atoms with van der Waals surface area (Å²) in [4.78, 5) is 5.77. The first kappa shape index (κ1) is 18.6. The van der Waals surface area contributed by atoms with E-state index in [1.54, 1.807) is 12.1 Å². The van der Waals surface area contributed by atoms with E-state index in [0.717, 1.165) is 26.3 Å². The molecule has 1 nitrogen and oxygen atoms in total. The molecule has 0 saturated heterocycles. The van der Waals surface area contributed by atoms with Crippen molar-refractivity contribution in [3.8, 4) is 0 Å². The zero-order valence-electron chi connectivity index (χ0n) is 14.2. The summed E-state index contributed by atoms with van der Waals surface area (Å²) in [5.41, 5.74) is 4.02. The molecule has 0 bridgehead atoms. The van der Waals surface area contributed by atoms with Crippen molar-refractivity contribution in [2.24, 2.45) is 4.99 Å². The minimum atomic E-state index is -0.227. The van der Waals surface area contributed by atoms with Crippen LogP contribution in [0.15, 0.2) is 98.6 Å². The van der Waals surface area contributed by atoms with E-state index in [1.807, 2.05) is 47.9 Å². The quantitative estimate of drug-likeness (QED) is 0.308. The number of hydrogen-bond acceptors (Lipinski definition) is 2. The average molecular weight is 426 g/mol.